The van der Waals surface area contributed by atoms with Gasteiger partial charge in [-0.1, -0.05) is 19.1 Å². The largest absolute Gasteiger partial charge is 0.507 e. The Kier molecular flexibility index (Phi) is 13.4. The number of aromatic hydroxyl groups is 2. The molecule has 4 fully saturated rings. The van der Waals surface area contributed by atoms with E-state index in [0.29, 0.717) is 64.7 Å². The molecular formula is C46H57N3O14S. The molecule has 0 spiro atoms. The highest BCUT2D eigenvalue weighted by atomic mass is 32.2. The number of thioether (sulfide) groups is 1. The standard InChI is InChI=1S/C46H57N3O14S/c1-4-45(2,47)43(56)24-10-8-23(9-11-24)19-49-33(51)16-30(44(49)57)64-22-31(50)46(58)17-27-36(29(18-46)63-34-13-12-25(20-61-34)62-32-21-60-15-14-48-32)42(55)38-37(40(27)53)39(52)26-6-5-7-28(59-3)35(26)41(38)54/h5-7,23-25,29-30,32,34,48,53,55,58H,4,8-22,47H2,1-3H3/t23?,24?,25-,29-,30?,32+,34-,45?,46-/m0/s1. The summed E-state index contributed by atoms with van der Waals surface area (Å²) in [6.45, 7) is 5.58. The molecule has 0 radical (unpaired) electrons. The van der Waals surface area contributed by atoms with Crippen LogP contribution in [0.15, 0.2) is 18.2 Å². The molecule has 2 unspecified atom stereocenters. The fourth-order valence-electron chi connectivity index (χ4n) is 10.0. The predicted molar refractivity (Wildman–Crippen MR) is 229 cm³/mol. The van der Waals surface area contributed by atoms with Crippen molar-refractivity contribution in [1.82, 2.24) is 10.2 Å². The van der Waals surface area contributed by atoms with E-state index in [-0.39, 0.29) is 83.4 Å². The van der Waals surface area contributed by atoms with Gasteiger partial charge >= 0.3 is 0 Å². The SMILES string of the molecule is CCC(C)(N)C(=O)C1CCC(CN2C(=O)CC(SCC(=O)[C@]3(O)Cc4c(O)c5c(c(O)c4[C@@H](O[C@H]4CC[C@H](O[C@@H]6COCCN6)CO4)C3)C(=O)c3c(OC)cccc3C5=O)C2=O)CC1. The number of phenolic OH excluding ortho intramolecular Hbond substituents is 2. The monoisotopic (exact) mass is 907 g/mol. The topological polar surface area (TPSA) is 251 Å². The highest BCUT2D eigenvalue weighted by molar-refractivity contribution is 8.01. The number of carbonyl (C=O) groups excluding carboxylic acids is 6. The Hall–Kier alpha value is -4.27. The number of benzene rings is 2. The second-order valence-electron chi connectivity index (χ2n) is 18.2. The third kappa shape index (κ3) is 8.75. The molecule has 64 heavy (non-hydrogen) atoms. The molecule has 7 atom stereocenters. The van der Waals surface area contributed by atoms with Gasteiger partial charge in [-0.15, -0.1) is 11.8 Å². The Morgan fingerprint density at radius 2 is 1.75 bits per heavy atom. The van der Waals surface area contributed by atoms with Crippen LogP contribution in [-0.2, 0) is 44.5 Å². The first kappa shape index (κ1) is 46.3. The summed E-state index contributed by atoms with van der Waals surface area (Å²) < 4.78 is 29.4. The number of nitrogens with two attached hydrogens (primary N) is 1. The number of methoxy groups -OCH3 is 1. The van der Waals surface area contributed by atoms with E-state index in [9.17, 15) is 44.1 Å². The number of nitrogens with one attached hydrogen (secondary N) is 1. The summed E-state index contributed by atoms with van der Waals surface area (Å²) in [5, 5.41) is 38.5. The van der Waals surface area contributed by atoms with Crippen LogP contribution in [0, 0.1) is 11.8 Å². The third-order valence-corrected chi connectivity index (χ3v) is 15.1. The van der Waals surface area contributed by atoms with Crippen LogP contribution in [0.1, 0.15) is 121 Å². The molecule has 0 aromatic heterocycles. The van der Waals surface area contributed by atoms with Crippen molar-refractivity contribution in [3.63, 3.8) is 0 Å². The predicted octanol–water partition coefficient (Wildman–Crippen LogP) is 3.02. The van der Waals surface area contributed by atoms with Crippen molar-refractivity contribution in [1.29, 1.82) is 0 Å². The zero-order chi connectivity index (χ0) is 45.7. The normalized spacial score (nSPS) is 30.3. The molecule has 3 aliphatic carbocycles. The number of ketones is 4. The number of nitrogens with zero attached hydrogens (tertiary/aromatic N) is 1. The molecule has 8 rings (SSSR count). The summed E-state index contributed by atoms with van der Waals surface area (Å²) in [6.07, 6.45) is -0.0293. The van der Waals surface area contributed by atoms with Gasteiger partial charge in [0.25, 0.3) is 0 Å². The van der Waals surface area contributed by atoms with Crippen LogP contribution >= 0.6 is 11.8 Å². The zero-order valence-electron chi connectivity index (χ0n) is 36.4. The van der Waals surface area contributed by atoms with E-state index in [2.05, 4.69) is 5.32 Å². The molecule has 6 N–H and O–H groups in total. The zero-order valence-corrected chi connectivity index (χ0v) is 37.2. The van der Waals surface area contributed by atoms with Gasteiger partial charge in [0.1, 0.15) is 29.1 Å². The maximum Gasteiger partial charge on any atom is 0.242 e. The van der Waals surface area contributed by atoms with E-state index in [1.807, 2.05) is 6.92 Å². The van der Waals surface area contributed by atoms with Gasteiger partial charge in [0.05, 0.1) is 72.4 Å². The summed E-state index contributed by atoms with van der Waals surface area (Å²) in [5.41, 5.74) is 1.78. The minimum atomic E-state index is -2.25. The van der Waals surface area contributed by atoms with Gasteiger partial charge in [0.2, 0.25) is 17.6 Å². The highest BCUT2D eigenvalue weighted by Gasteiger charge is 2.51. The molecule has 3 heterocycles. The lowest BCUT2D eigenvalue weighted by molar-refractivity contribution is -0.233. The van der Waals surface area contributed by atoms with E-state index in [1.54, 1.807) is 6.92 Å². The summed E-state index contributed by atoms with van der Waals surface area (Å²) >= 11 is 0.935. The third-order valence-electron chi connectivity index (χ3n) is 13.9. The van der Waals surface area contributed by atoms with Crippen LogP contribution in [0.4, 0.5) is 0 Å². The van der Waals surface area contributed by atoms with E-state index in [4.69, 9.17) is 29.4 Å². The van der Waals surface area contributed by atoms with Crippen molar-refractivity contribution < 1.29 is 67.8 Å². The van der Waals surface area contributed by atoms with Crippen LogP contribution in [0.2, 0.25) is 0 Å². The molecule has 2 aromatic carbocycles. The fourth-order valence-corrected chi connectivity index (χ4v) is 11.2. The van der Waals surface area contributed by atoms with Crippen LogP contribution in [0.3, 0.4) is 0 Å². The number of hydrogen-bond acceptors (Lipinski definition) is 17. The van der Waals surface area contributed by atoms with Crippen molar-refractivity contribution in [2.45, 2.75) is 119 Å². The van der Waals surface area contributed by atoms with Crippen molar-refractivity contribution in [3.8, 4) is 17.2 Å². The summed E-state index contributed by atoms with van der Waals surface area (Å²) in [7, 11) is 1.34. The molecule has 2 aromatic rings. The average Bonchev–Trinajstić information content (AvgIpc) is 3.56. The molecule has 2 amide bonds. The van der Waals surface area contributed by atoms with E-state index in [1.165, 1.54) is 30.2 Å². The van der Waals surface area contributed by atoms with Crippen LogP contribution in [-0.4, -0.2) is 136 Å². The molecular weight excluding hydrogens is 851 g/mol. The Bertz CT molecular complexity index is 2210. The number of Topliss-reactive ketones (excluding diaryl/α,β-unsaturated/α-hetero) is 2. The number of fused-ring (bicyclic) bond motifs is 3. The lowest BCUT2D eigenvalue weighted by Gasteiger charge is -2.41. The van der Waals surface area contributed by atoms with E-state index in [0.717, 1.165) is 11.8 Å². The average molecular weight is 908 g/mol. The smallest absolute Gasteiger partial charge is 0.242 e. The van der Waals surface area contributed by atoms with Crippen LogP contribution < -0.4 is 15.8 Å². The number of morpholine rings is 1. The lowest BCUT2D eigenvalue weighted by Crippen LogP contribution is -2.48. The maximum atomic E-state index is 14.2. The first-order valence-corrected chi connectivity index (χ1v) is 23.2. The van der Waals surface area contributed by atoms with E-state index < -0.39 is 93.3 Å². The second-order valence-corrected chi connectivity index (χ2v) is 19.3. The number of rotatable bonds is 14. The first-order valence-electron chi connectivity index (χ1n) is 22.2. The molecule has 346 valence electrons. The summed E-state index contributed by atoms with van der Waals surface area (Å²) in [4.78, 5) is 83.4. The molecule has 0 bridgehead atoms. The van der Waals surface area contributed by atoms with Gasteiger partial charge in [0.15, 0.2) is 23.6 Å². The number of imide groups is 1. The first-order chi connectivity index (χ1) is 30.5. The van der Waals surface area contributed by atoms with Gasteiger partial charge in [-0.3, -0.25) is 39.0 Å². The van der Waals surface area contributed by atoms with Crippen molar-refractivity contribution >= 4 is 46.7 Å². The molecule has 3 aliphatic heterocycles. The van der Waals surface area contributed by atoms with Crippen molar-refractivity contribution in [2.75, 3.05) is 45.8 Å². The second kappa shape index (κ2) is 18.5. The van der Waals surface area contributed by atoms with E-state index >= 15 is 0 Å². The summed E-state index contributed by atoms with van der Waals surface area (Å²) in [5.74, 6) is -4.77. The number of aliphatic hydroxyl groups is 1. The lowest BCUT2D eigenvalue weighted by atomic mass is 9.72. The number of hydrogen-bond donors (Lipinski definition) is 5. The minimum absolute atomic E-state index is 0.0236. The highest BCUT2D eigenvalue weighted by Crippen LogP contribution is 2.53. The van der Waals surface area contributed by atoms with Gasteiger partial charge in [-0.25, -0.2) is 0 Å². The molecule has 1 saturated carbocycles. The number of carbonyl (C=O) groups is 6. The number of ether oxygens (including phenoxy) is 5. The van der Waals surface area contributed by atoms with Gasteiger partial charge in [0, 0.05) is 61.4 Å². The van der Waals surface area contributed by atoms with Crippen molar-refractivity contribution in [2.24, 2.45) is 17.6 Å². The van der Waals surface area contributed by atoms with Gasteiger partial charge < -0.3 is 44.7 Å². The van der Waals surface area contributed by atoms with Crippen LogP contribution in [0.25, 0.3) is 0 Å². The Balaban J connectivity index is 0.995. The number of likely N-dealkylation sites (tertiary alicyclic amines) is 1. The molecule has 17 nitrogen and oxygen atoms in total. The number of phenols is 2. The van der Waals surface area contributed by atoms with Crippen molar-refractivity contribution in [3.05, 3.63) is 51.6 Å². The number of amides is 2. The van der Waals surface area contributed by atoms with Gasteiger partial charge in [-0.05, 0) is 57.4 Å². The molecule has 6 aliphatic rings. The quantitative estimate of drug-likeness (QED) is 0.115. The molecule has 18 heteroatoms. The molecule has 3 saturated heterocycles. The maximum absolute atomic E-state index is 14.2. The Morgan fingerprint density at radius 3 is 2.42 bits per heavy atom. The van der Waals surface area contributed by atoms with Gasteiger partial charge in [-0.2, -0.15) is 0 Å². The van der Waals surface area contributed by atoms with Crippen LogP contribution in [0.5, 0.6) is 17.2 Å². The Morgan fingerprint density at radius 1 is 1.00 bits per heavy atom. The Labute approximate surface area is 375 Å². The summed E-state index contributed by atoms with van der Waals surface area (Å²) in [6, 6.07) is 4.42. The fraction of sp³-hybridized carbons (Fsp3) is 0.609. The minimum Gasteiger partial charge on any atom is -0.507 e.